The minimum absolute atomic E-state index is 0.843. The van der Waals surface area contributed by atoms with Gasteiger partial charge in [-0.15, -0.1) is 0 Å². The number of rotatable bonds is 4. The van der Waals surface area contributed by atoms with Crippen molar-refractivity contribution in [2.45, 2.75) is 0 Å². The lowest BCUT2D eigenvalue weighted by atomic mass is 9.96. The summed E-state index contributed by atoms with van der Waals surface area (Å²) in [5.74, 6) is 0. The lowest BCUT2D eigenvalue weighted by molar-refractivity contribution is 1.13. The molecule has 0 atom stereocenters. The molecule has 0 N–H and O–H groups in total. The van der Waals surface area contributed by atoms with Crippen LogP contribution in [-0.2, 0) is 0 Å². The first-order valence-electron chi connectivity index (χ1n) is 13.7. The lowest BCUT2D eigenvalue weighted by Crippen LogP contribution is -1.97. The van der Waals surface area contributed by atoms with Gasteiger partial charge < -0.3 is 0 Å². The Hall–Kier alpha value is -5.61. The Balaban J connectivity index is 1.35. The summed E-state index contributed by atoms with van der Waals surface area (Å²) in [6.45, 7) is 0. The van der Waals surface area contributed by atoms with Crippen LogP contribution in [0.1, 0.15) is 0 Å². The first-order valence-corrected chi connectivity index (χ1v) is 13.7. The van der Waals surface area contributed by atoms with E-state index in [1.807, 2.05) is 36.7 Å². The van der Waals surface area contributed by atoms with Crippen molar-refractivity contribution < 1.29 is 0 Å². The molecule has 192 valence electrons. The molecule has 4 nitrogen and oxygen atoms in total. The van der Waals surface area contributed by atoms with Gasteiger partial charge in [0, 0.05) is 34.4 Å². The monoisotopic (exact) mass is 524 g/mol. The highest BCUT2D eigenvalue weighted by molar-refractivity contribution is 6.07. The van der Waals surface area contributed by atoms with Crippen molar-refractivity contribution in [2.75, 3.05) is 0 Å². The van der Waals surface area contributed by atoms with E-state index in [9.17, 15) is 0 Å². The summed E-state index contributed by atoms with van der Waals surface area (Å²) in [7, 11) is 0. The molecule has 0 aliphatic rings. The molecule has 0 spiro atoms. The highest BCUT2D eigenvalue weighted by atomic mass is 15.0. The van der Waals surface area contributed by atoms with Gasteiger partial charge in [0.1, 0.15) is 5.65 Å². The van der Waals surface area contributed by atoms with Crippen LogP contribution in [0.4, 0.5) is 0 Å². The Morgan fingerprint density at radius 1 is 0.463 bits per heavy atom. The molecule has 0 bridgehead atoms. The summed E-state index contributed by atoms with van der Waals surface area (Å²) in [5.41, 5.74) is 9.01. The molecule has 0 unspecified atom stereocenters. The van der Waals surface area contributed by atoms with Crippen LogP contribution in [0.2, 0.25) is 0 Å². The van der Waals surface area contributed by atoms with Crippen molar-refractivity contribution in [1.82, 2.24) is 19.5 Å². The summed E-state index contributed by atoms with van der Waals surface area (Å²) in [6, 6.07) is 46.4. The Morgan fingerprint density at radius 3 is 2.15 bits per heavy atom. The van der Waals surface area contributed by atoms with Gasteiger partial charge in [-0.25, -0.2) is 9.97 Å². The molecule has 4 aromatic carbocycles. The molecule has 41 heavy (non-hydrogen) atoms. The lowest BCUT2D eigenvalue weighted by Gasteiger charge is -2.13. The fourth-order valence-corrected chi connectivity index (χ4v) is 5.82. The number of hydrogen-bond acceptors (Lipinski definition) is 3. The topological polar surface area (TPSA) is 43.6 Å². The zero-order valence-corrected chi connectivity index (χ0v) is 22.1. The van der Waals surface area contributed by atoms with Crippen LogP contribution in [-0.4, -0.2) is 19.5 Å². The van der Waals surface area contributed by atoms with Crippen molar-refractivity contribution in [3.8, 4) is 39.5 Å². The van der Waals surface area contributed by atoms with E-state index >= 15 is 0 Å². The summed E-state index contributed by atoms with van der Waals surface area (Å²) in [6.07, 6.45) is 3.67. The number of nitrogens with zero attached hydrogens (tertiary/aromatic N) is 4. The van der Waals surface area contributed by atoms with Crippen LogP contribution in [0, 0.1) is 0 Å². The molecule has 0 radical (unpaired) electrons. The van der Waals surface area contributed by atoms with E-state index in [0.717, 1.165) is 50.4 Å². The maximum Gasteiger partial charge on any atom is 0.145 e. The molecule has 0 fully saturated rings. The molecule has 8 aromatic rings. The maximum absolute atomic E-state index is 5.14. The smallest absolute Gasteiger partial charge is 0.145 e. The normalized spacial score (nSPS) is 11.4. The van der Waals surface area contributed by atoms with E-state index in [4.69, 9.17) is 9.97 Å². The Labute approximate surface area is 237 Å². The molecule has 4 heteroatoms. The van der Waals surface area contributed by atoms with E-state index < -0.39 is 0 Å². The van der Waals surface area contributed by atoms with Gasteiger partial charge in [-0.3, -0.25) is 9.55 Å². The van der Waals surface area contributed by atoms with E-state index in [2.05, 4.69) is 119 Å². The minimum atomic E-state index is 0.843. The van der Waals surface area contributed by atoms with Crippen molar-refractivity contribution in [3.63, 3.8) is 0 Å². The molecular weight excluding hydrogens is 500 g/mol. The first-order chi connectivity index (χ1) is 20.3. The molecule has 8 rings (SSSR count). The summed E-state index contributed by atoms with van der Waals surface area (Å²) in [5, 5.41) is 4.75. The van der Waals surface area contributed by atoms with Gasteiger partial charge in [-0.2, -0.15) is 0 Å². The number of pyridine rings is 3. The van der Waals surface area contributed by atoms with E-state index in [1.54, 1.807) is 0 Å². The van der Waals surface area contributed by atoms with Gasteiger partial charge in [0.25, 0.3) is 0 Å². The fourth-order valence-electron chi connectivity index (χ4n) is 5.82. The third-order valence-corrected chi connectivity index (χ3v) is 7.69. The van der Waals surface area contributed by atoms with Crippen LogP contribution in [0.5, 0.6) is 0 Å². The number of fused-ring (bicyclic) bond motifs is 4. The largest absolute Gasteiger partial charge is 0.294 e. The van der Waals surface area contributed by atoms with Crippen LogP contribution in [0.3, 0.4) is 0 Å². The predicted molar refractivity (Wildman–Crippen MR) is 168 cm³/mol. The quantitative estimate of drug-likeness (QED) is 0.231. The predicted octanol–water partition coefficient (Wildman–Crippen LogP) is 9.12. The SMILES string of the molecule is c1ccc(-c2cc(-c3cccc4ccccc34)cc(-c3cccc(-n4c5ccccc5c5cccnc54)c3)n2)nc1. The number of benzene rings is 4. The Kier molecular flexibility index (Phi) is 5.42. The van der Waals surface area contributed by atoms with Gasteiger partial charge in [0.2, 0.25) is 0 Å². The van der Waals surface area contributed by atoms with Crippen molar-refractivity contribution >= 4 is 32.7 Å². The summed E-state index contributed by atoms with van der Waals surface area (Å²) < 4.78 is 2.24. The molecule has 4 aromatic heterocycles. The summed E-state index contributed by atoms with van der Waals surface area (Å²) >= 11 is 0. The standard InChI is InChI=1S/C37H24N4/c1-2-14-29-25(10-1)11-8-16-30(29)27-23-34(40-35(24-27)33-18-5-6-20-38-33)26-12-7-13-28(22-26)41-36-19-4-3-15-31(36)32-17-9-21-39-37(32)41/h1-24H. The molecule has 0 amide bonds. The highest BCUT2D eigenvalue weighted by Crippen LogP contribution is 2.35. The number of aromatic nitrogens is 4. The second kappa shape index (κ2) is 9.54. The van der Waals surface area contributed by atoms with Crippen LogP contribution in [0.15, 0.2) is 146 Å². The van der Waals surface area contributed by atoms with Crippen LogP contribution < -0.4 is 0 Å². The van der Waals surface area contributed by atoms with Crippen molar-refractivity contribution in [1.29, 1.82) is 0 Å². The van der Waals surface area contributed by atoms with Crippen LogP contribution >= 0.6 is 0 Å². The highest BCUT2D eigenvalue weighted by Gasteiger charge is 2.15. The van der Waals surface area contributed by atoms with Gasteiger partial charge in [-0.1, -0.05) is 78.9 Å². The number of hydrogen-bond donors (Lipinski definition) is 0. The Morgan fingerprint density at radius 2 is 1.22 bits per heavy atom. The van der Waals surface area contributed by atoms with E-state index in [0.29, 0.717) is 0 Å². The van der Waals surface area contributed by atoms with Crippen molar-refractivity contribution in [2.24, 2.45) is 0 Å². The molecule has 0 aliphatic carbocycles. The van der Waals surface area contributed by atoms with Gasteiger partial charge in [0.05, 0.1) is 22.6 Å². The average Bonchev–Trinajstić information content (AvgIpc) is 3.39. The molecule has 0 aliphatic heterocycles. The zero-order valence-electron chi connectivity index (χ0n) is 22.1. The van der Waals surface area contributed by atoms with Gasteiger partial charge >= 0.3 is 0 Å². The van der Waals surface area contributed by atoms with Gasteiger partial charge in [-0.05, 0) is 76.5 Å². The number of para-hydroxylation sites is 1. The van der Waals surface area contributed by atoms with E-state index in [-0.39, 0.29) is 0 Å². The van der Waals surface area contributed by atoms with Crippen molar-refractivity contribution in [3.05, 3.63) is 146 Å². The second-order valence-electron chi connectivity index (χ2n) is 10.1. The molecule has 0 saturated heterocycles. The molecule has 0 saturated carbocycles. The van der Waals surface area contributed by atoms with Crippen LogP contribution in [0.25, 0.3) is 72.2 Å². The maximum atomic E-state index is 5.14. The molecular formula is C37H24N4. The second-order valence-corrected chi connectivity index (χ2v) is 10.1. The Bertz CT molecular complexity index is 2150. The summed E-state index contributed by atoms with van der Waals surface area (Å²) in [4.78, 5) is 14.5. The third kappa shape index (κ3) is 3.97. The first kappa shape index (κ1) is 23.3. The fraction of sp³-hybridized carbons (Fsp3) is 0. The minimum Gasteiger partial charge on any atom is -0.294 e. The third-order valence-electron chi connectivity index (χ3n) is 7.69. The van der Waals surface area contributed by atoms with Gasteiger partial charge in [0.15, 0.2) is 0 Å². The molecule has 4 heterocycles. The van der Waals surface area contributed by atoms with E-state index in [1.165, 1.54) is 21.7 Å². The zero-order chi connectivity index (χ0) is 27.2. The average molecular weight is 525 g/mol.